The van der Waals surface area contributed by atoms with Crippen molar-refractivity contribution in [3.8, 4) is 11.3 Å². The molecule has 3 rings (SSSR count). The summed E-state index contributed by atoms with van der Waals surface area (Å²) in [5.74, 6) is -0.334. The van der Waals surface area contributed by atoms with Crippen LogP contribution in [-0.4, -0.2) is 28.3 Å². The van der Waals surface area contributed by atoms with E-state index in [1.807, 2.05) is 12.3 Å². The summed E-state index contributed by atoms with van der Waals surface area (Å²) >= 11 is 7.32. The Kier molecular flexibility index (Phi) is 6.54. The fourth-order valence-corrected chi connectivity index (χ4v) is 4.19. The Morgan fingerprint density at radius 1 is 1.37 bits per heavy atom. The lowest BCUT2D eigenvalue weighted by molar-refractivity contribution is -0.137. The predicted molar refractivity (Wildman–Crippen MR) is 112 cm³/mol. The maximum atomic E-state index is 12.9. The number of nitrogens with two attached hydrogens (primary N) is 1. The van der Waals surface area contributed by atoms with Crippen molar-refractivity contribution in [1.82, 2.24) is 15.1 Å². The van der Waals surface area contributed by atoms with Gasteiger partial charge < -0.3 is 11.1 Å². The molecule has 160 valence electrons. The first-order chi connectivity index (χ1) is 14.1. The summed E-state index contributed by atoms with van der Waals surface area (Å²) in [6, 6.07) is 6.26. The quantitative estimate of drug-likeness (QED) is 0.576. The molecule has 3 N–H and O–H groups in total. The van der Waals surface area contributed by atoms with Crippen molar-refractivity contribution in [3.63, 3.8) is 0 Å². The minimum absolute atomic E-state index is 0.0939. The van der Waals surface area contributed by atoms with Crippen LogP contribution in [0.3, 0.4) is 0 Å². The Hall–Kier alpha value is -2.36. The normalized spacial score (nSPS) is 12.8. The molecule has 5 nitrogen and oxygen atoms in total. The molecule has 0 radical (unpaired) electrons. The molecule has 1 aromatic carbocycles. The lowest BCUT2D eigenvalue weighted by Crippen LogP contribution is -2.41. The molecule has 3 aromatic rings. The topological polar surface area (TPSA) is 72.9 Å². The summed E-state index contributed by atoms with van der Waals surface area (Å²) in [6.45, 7) is 1.94. The number of halogens is 4. The van der Waals surface area contributed by atoms with E-state index in [1.165, 1.54) is 17.4 Å². The van der Waals surface area contributed by atoms with Crippen molar-refractivity contribution < 1.29 is 18.0 Å². The molecule has 0 bridgehead atoms. The first-order valence-electron chi connectivity index (χ1n) is 9.05. The number of rotatable bonds is 6. The second-order valence-corrected chi connectivity index (χ2v) is 8.17. The average molecular weight is 457 g/mol. The molecule has 0 spiro atoms. The maximum Gasteiger partial charge on any atom is 0.416 e. The van der Waals surface area contributed by atoms with Crippen LogP contribution in [0.25, 0.3) is 11.3 Å². The number of thiophene rings is 1. The van der Waals surface area contributed by atoms with E-state index < -0.39 is 17.8 Å². The van der Waals surface area contributed by atoms with Crippen LogP contribution in [0.1, 0.15) is 26.4 Å². The zero-order valence-corrected chi connectivity index (χ0v) is 17.8. The van der Waals surface area contributed by atoms with Gasteiger partial charge in [0.25, 0.3) is 5.91 Å². The van der Waals surface area contributed by atoms with Crippen molar-refractivity contribution in [3.05, 3.63) is 62.4 Å². The number of carbonyl (C=O) groups excluding carboxylic acids is 1. The minimum atomic E-state index is -4.42. The highest BCUT2D eigenvalue weighted by Crippen LogP contribution is 2.32. The third kappa shape index (κ3) is 4.85. The highest BCUT2D eigenvalue weighted by atomic mass is 35.5. The Labute approximate surface area is 180 Å². The van der Waals surface area contributed by atoms with Crippen molar-refractivity contribution in [2.75, 3.05) is 6.54 Å². The van der Waals surface area contributed by atoms with Crippen LogP contribution in [0.5, 0.6) is 0 Å². The van der Waals surface area contributed by atoms with Gasteiger partial charge in [-0.15, -0.1) is 11.3 Å². The van der Waals surface area contributed by atoms with E-state index >= 15 is 0 Å². The molecule has 0 aliphatic carbocycles. The van der Waals surface area contributed by atoms with Gasteiger partial charge in [-0.05, 0) is 31.0 Å². The largest absolute Gasteiger partial charge is 0.416 e. The van der Waals surface area contributed by atoms with Gasteiger partial charge in [-0.25, -0.2) is 0 Å². The van der Waals surface area contributed by atoms with Crippen LogP contribution in [0.4, 0.5) is 13.2 Å². The standard InChI is InChI=1S/C20H20ClF3N4OS/c1-11-17(28(2)27-18(11)21)13-8-16(30-10-13)19(29)26-15(9-25)7-12-4-3-5-14(6-12)20(22,23)24/h3-6,8,10,15H,7,9,25H2,1-2H3,(H,26,29). The molecule has 10 heteroatoms. The van der Waals surface area contributed by atoms with Gasteiger partial charge in [0.05, 0.1) is 16.1 Å². The molecular formula is C20H20ClF3N4OS. The number of nitrogens with one attached hydrogen (secondary N) is 1. The summed E-state index contributed by atoms with van der Waals surface area (Å²) in [4.78, 5) is 13.1. The first-order valence-corrected chi connectivity index (χ1v) is 10.3. The zero-order chi connectivity index (χ0) is 22.1. The SMILES string of the molecule is Cc1c(Cl)nn(C)c1-c1csc(C(=O)NC(CN)Cc2cccc(C(F)(F)F)c2)c1. The second-order valence-electron chi connectivity index (χ2n) is 6.90. The third-order valence-corrected chi connectivity index (χ3v) is 5.97. The van der Waals surface area contributed by atoms with Crippen molar-refractivity contribution in [2.45, 2.75) is 25.6 Å². The van der Waals surface area contributed by atoms with Crippen LogP contribution < -0.4 is 11.1 Å². The van der Waals surface area contributed by atoms with E-state index in [2.05, 4.69) is 10.4 Å². The van der Waals surface area contributed by atoms with Crippen LogP contribution >= 0.6 is 22.9 Å². The zero-order valence-electron chi connectivity index (χ0n) is 16.3. The molecule has 1 amide bonds. The monoisotopic (exact) mass is 456 g/mol. The molecule has 0 saturated carbocycles. The van der Waals surface area contributed by atoms with Crippen LogP contribution in [0, 0.1) is 6.92 Å². The molecule has 0 saturated heterocycles. The van der Waals surface area contributed by atoms with Crippen molar-refractivity contribution in [1.29, 1.82) is 0 Å². The number of hydrogen-bond donors (Lipinski definition) is 2. The number of carbonyl (C=O) groups is 1. The van der Waals surface area contributed by atoms with Gasteiger partial charge >= 0.3 is 6.18 Å². The van der Waals surface area contributed by atoms with E-state index in [9.17, 15) is 18.0 Å². The minimum Gasteiger partial charge on any atom is -0.347 e. The Bertz CT molecular complexity index is 1060. The molecule has 1 unspecified atom stereocenters. The molecule has 0 aliphatic heterocycles. The van der Waals surface area contributed by atoms with Crippen LogP contribution in [0.15, 0.2) is 35.7 Å². The maximum absolute atomic E-state index is 12.9. The van der Waals surface area contributed by atoms with Gasteiger partial charge in [-0.1, -0.05) is 29.8 Å². The van der Waals surface area contributed by atoms with Gasteiger partial charge in [0, 0.05) is 36.1 Å². The summed E-state index contributed by atoms with van der Waals surface area (Å²) in [7, 11) is 1.77. The number of benzene rings is 1. The summed E-state index contributed by atoms with van der Waals surface area (Å²) in [5, 5.41) is 9.20. The highest BCUT2D eigenvalue weighted by Gasteiger charge is 2.30. The Morgan fingerprint density at radius 2 is 2.10 bits per heavy atom. The van der Waals surface area contributed by atoms with Gasteiger partial charge in [0.2, 0.25) is 0 Å². The Morgan fingerprint density at radius 3 is 2.70 bits per heavy atom. The molecule has 30 heavy (non-hydrogen) atoms. The van der Waals surface area contributed by atoms with Gasteiger partial charge in [-0.3, -0.25) is 9.48 Å². The number of nitrogens with zero attached hydrogens (tertiary/aromatic N) is 2. The van der Waals surface area contributed by atoms with Crippen LogP contribution in [-0.2, 0) is 19.6 Å². The van der Waals surface area contributed by atoms with Gasteiger partial charge in [0.15, 0.2) is 5.15 Å². The molecule has 1 atom stereocenters. The number of alkyl halides is 3. The average Bonchev–Trinajstić information content (AvgIpc) is 3.25. The van der Waals surface area contributed by atoms with E-state index in [0.717, 1.165) is 29.0 Å². The fraction of sp³-hybridized carbons (Fsp3) is 0.300. The van der Waals surface area contributed by atoms with Crippen molar-refractivity contribution in [2.24, 2.45) is 12.8 Å². The second kappa shape index (κ2) is 8.79. The first kappa shape index (κ1) is 22.3. The highest BCUT2D eigenvalue weighted by molar-refractivity contribution is 7.12. The van der Waals surface area contributed by atoms with E-state index in [0.29, 0.717) is 15.6 Å². The number of aromatic nitrogens is 2. The number of amides is 1. The van der Waals surface area contributed by atoms with E-state index in [-0.39, 0.29) is 18.9 Å². The lowest BCUT2D eigenvalue weighted by Gasteiger charge is -2.17. The lowest BCUT2D eigenvalue weighted by atomic mass is 10.0. The fourth-order valence-electron chi connectivity index (χ4n) is 3.19. The van der Waals surface area contributed by atoms with Crippen LogP contribution in [0.2, 0.25) is 5.15 Å². The predicted octanol–water partition coefficient (Wildman–Crippen LogP) is 4.43. The molecular weight excluding hydrogens is 437 g/mol. The Balaban J connectivity index is 1.73. The smallest absolute Gasteiger partial charge is 0.347 e. The molecule has 2 heterocycles. The van der Waals surface area contributed by atoms with E-state index in [4.69, 9.17) is 17.3 Å². The molecule has 0 fully saturated rings. The molecule has 0 aliphatic rings. The number of aryl methyl sites for hydroxylation is 1. The summed E-state index contributed by atoms with van der Waals surface area (Å²) in [5.41, 5.74) is 7.91. The number of hydrogen-bond acceptors (Lipinski definition) is 4. The molecule has 2 aromatic heterocycles. The van der Waals surface area contributed by atoms with Crippen molar-refractivity contribution >= 4 is 28.8 Å². The van der Waals surface area contributed by atoms with Gasteiger partial charge in [-0.2, -0.15) is 18.3 Å². The third-order valence-electron chi connectivity index (χ3n) is 4.68. The van der Waals surface area contributed by atoms with E-state index in [1.54, 1.807) is 23.9 Å². The van der Waals surface area contributed by atoms with Gasteiger partial charge in [0.1, 0.15) is 0 Å². The summed E-state index contributed by atoms with van der Waals surface area (Å²) in [6.07, 6.45) is -4.22. The summed E-state index contributed by atoms with van der Waals surface area (Å²) < 4.78 is 40.4.